The Morgan fingerprint density at radius 1 is 0.797 bits per heavy atom. The Hall–Kier alpha value is -6.68. The van der Waals surface area contributed by atoms with Gasteiger partial charge in [0.25, 0.3) is 17.7 Å². The molecule has 5 aromatic carbocycles. The van der Waals surface area contributed by atoms with Crippen LogP contribution < -0.4 is 24.2 Å². The van der Waals surface area contributed by atoms with Crippen molar-refractivity contribution in [3.05, 3.63) is 150 Å². The van der Waals surface area contributed by atoms with E-state index in [-0.39, 0.29) is 50.0 Å². The Labute approximate surface area is 370 Å². The van der Waals surface area contributed by atoms with Crippen molar-refractivity contribution in [3.8, 4) is 11.5 Å². The minimum Gasteiger partial charge on any atom is -0.482 e. The monoisotopic (exact) mass is 878 g/mol. The van der Waals surface area contributed by atoms with Crippen LogP contribution in [0.4, 0.5) is 32.5 Å². The number of fused-ring (bicyclic) bond motifs is 4. The number of aromatic nitrogens is 3. The molecule has 1 N–H and O–H groups in total. The van der Waals surface area contributed by atoms with Crippen LogP contribution in [0.1, 0.15) is 41.6 Å². The maximum atomic E-state index is 17.0. The minimum atomic E-state index is -3.56. The van der Waals surface area contributed by atoms with Crippen LogP contribution in [0.15, 0.2) is 128 Å². The Bertz CT molecular complexity index is 2780. The molecule has 15 heteroatoms. The van der Waals surface area contributed by atoms with Gasteiger partial charge in [-0.25, -0.2) is 0 Å². The summed E-state index contributed by atoms with van der Waals surface area (Å²) >= 11 is 0. The van der Waals surface area contributed by atoms with Crippen molar-refractivity contribution in [2.75, 3.05) is 34.5 Å². The minimum absolute atomic E-state index is 0.110. The third-order valence-electron chi connectivity index (χ3n) is 13.1. The molecule has 1 saturated heterocycles. The lowest BCUT2D eigenvalue weighted by Crippen LogP contribution is -2.45. The molecule has 1 spiro atoms. The van der Waals surface area contributed by atoms with Crippen molar-refractivity contribution in [1.82, 2.24) is 15.0 Å². The number of rotatable bonds is 11. The number of hydrogen-bond donors (Lipinski definition) is 1. The number of carbonyl (C=O) groups excluding carboxylic acids is 3. The zero-order valence-electron chi connectivity index (χ0n) is 35.6. The molecule has 4 aliphatic rings. The summed E-state index contributed by atoms with van der Waals surface area (Å²) in [6, 6.07) is 37.3. The van der Waals surface area contributed by atoms with Gasteiger partial charge in [0, 0.05) is 41.1 Å². The molecule has 64 heavy (non-hydrogen) atoms. The lowest BCUT2D eigenvalue weighted by atomic mass is 9.82. The van der Waals surface area contributed by atoms with Crippen LogP contribution in [-0.4, -0.2) is 72.2 Å². The molecule has 5 atom stereocenters. The lowest BCUT2D eigenvalue weighted by Gasteiger charge is -2.32. The molecule has 326 valence electrons. The third-order valence-corrected chi connectivity index (χ3v) is 15.5. The number of ether oxygens (including phenoxy) is 3. The van der Waals surface area contributed by atoms with Crippen molar-refractivity contribution < 1.29 is 37.8 Å². The van der Waals surface area contributed by atoms with E-state index in [4.69, 9.17) is 14.2 Å². The van der Waals surface area contributed by atoms with Crippen LogP contribution in [0.5, 0.6) is 11.5 Å². The fourth-order valence-corrected chi connectivity index (χ4v) is 12.8. The van der Waals surface area contributed by atoms with E-state index in [1.807, 2.05) is 122 Å². The zero-order chi connectivity index (χ0) is 44.3. The number of nitrogens with zero attached hydrogens (tertiary/aromatic N) is 6. The highest BCUT2D eigenvalue weighted by atomic mass is 28.4. The molecule has 0 bridgehead atoms. The number of anilines is 5. The second-order valence-electron chi connectivity index (χ2n) is 17.3. The van der Waals surface area contributed by atoms with Gasteiger partial charge in [-0.1, -0.05) is 78.9 Å². The normalized spacial score (nSPS) is 22.0. The van der Waals surface area contributed by atoms with Gasteiger partial charge in [-0.3, -0.25) is 28.9 Å². The number of aliphatic hydroxyl groups excluding tert-OH is 1. The molecular weight excluding hydrogens is 832 g/mol. The standard InChI is InChI=1S/C49H47FN6O7Si/c1-31-47(64(2,3)50)44(22-23-53-27-38(51-52-53)36(28-57)33-13-5-4-6-14-33)63-49(31)37-25-35(56-41-17-8-10-19-43(41)62-30-46(56)59)20-21-39(37)54(48(49)60)26-32-12-11-15-34(24-32)55-40-16-7-9-18-42(40)61-29-45(55)58/h4-21,24-25,27,31,36,44,47,57H,22-23,26,28-30H2,1-3H3/t31-,36?,44+,47-,49+/m1/s1. The summed E-state index contributed by atoms with van der Waals surface area (Å²) in [7, 11) is -3.56. The SMILES string of the molecule is C[C@@H]1[C@@H]([Si](C)(C)F)[C@H](CCn2cc(C(CO)c3ccccc3)nn2)O[C@@]12C(=O)N(Cc1cccc(N3C(=O)COc4ccccc43)c1)c1ccc(N3C(=O)COc4ccccc43)cc12. The van der Waals surface area contributed by atoms with Gasteiger partial charge >= 0.3 is 0 Å². The highest BCUT2D eigenvalue weighted by Gasteiger charge is 2.66. The topological polar surface area (TPSA) is 140 Å². The van der Waals surface area contributed by atoms with Crippen molar-refractivity contribution in [1.29, 1.82) is 0 Å². The third kappa shape index (κ3) is 6.94. The molecule has 0 aliphatic carbocycles. The van der Waals surface area contributed by atoms with E-state index >= 15 is 8.90 Å². The maximum Gasteiger partial charge on any atom is 0.269 e. The molecule has 0 saturated carbocycles. The molecule has 0 radical (unpaired) electrons. The average Bonchev–Trinajstić information content (AvgIpc) is 3.96. The van der Waals surface area contributed by atoms with E-state index in [0.717, 1.165) is 11.1 Å². The highest BCUT2D eigenvalue weighted by Crippen LogP contribution is 2.61. The van der Waals surface area contributed by atoms with Gasteiger partial charge < -0.3 is 28.3 Å². The van der Waals surface area contributed by atoms with Crippen LogP contribution in [0, 0.1) is 5.92 Å². The van der Waals surface area contributed by atoms with E-state index in [9.17, 15) is 14.7 Å². The van der Waals surface area contributed by atoms with Gasteiger partial charge in [0.1, 0.15) is 11.5 Å². The number of hydrogen-bond acceptors (Lipinski definition) is 9. The highest BCUT2D eigenvalue weighted by molar-refractivity contribution is 6.72. The number of para-hydroxylation sites is 4. The number of amides is 3. The van der Waals surface area contributed by atoms with E-state index in [1.54, 1.807) is 44.7 Å². The Morgan fingerprint density at radius 3 is 2.09 bits per heavy atom. The molecule has 13 nitrogen and oxygen atoms in total. The first kappa shape index (κ1) is 41.3. The van der Waals surface area contributed by atoms with Crippen molar-refractivity contribution in [2.45, 2.75) is 62.7 Å². The van der Waals surface area contributed by atoms with Crippen LogP contribution in [0.3, 0.4) is 0 Å². The van der Waals surface area contributed by atoms with Gasteiger partial charge in [0.05, 0.1) is 47.9 Å². The largest absolute Gasteiger partial charge is 0.482 e. The van der Waals surface area contributed by atoms with Crippen molar-refractivity contribution >= 4 is 54.6 Å². The zero-order valence-corrected chi connectivity index (χ0v) is 36.6. The van der Waals surface area contributed by atoms with Crippen LogP contribution >= 0.6 is 0 Å². The number of aliphatic hydroxyl groups is 1. The Kier molecular flexibility index (Phi) is 10.4. The van der Waals surface area contributed by atoms with E-state index in [1.165, 1.54) is 0 Å². The summed E-state index contributed by atoms with van der Waals surface area (Å²) in [5.74, 6) is -0.661. The summed E-state index contributed by atoms with van der Waals surface area (Å²) in [5, 5.41) is 19.1. The smallest absolute Gasteiger partial charge is 0.269 e. The van der Waals surface area contributed by atoms with Crippen molar-refractivity contribution in [2.24, 2.45) is 5.92 Å². The fourth-order valence-electron chi connectivity index (χ4n) is 10.2. The molecule has 1 unspecified atom stereocenters. The molecule has 6 aromatic rings. The van der Waals surface area contributed by atoms with Crippen LogP contribution in [0.2, 0.25) is 18.6 Å². The first-order valence-electron chi connectivity index (χ1n) is 21.5. The van der Waals surface area contributed by atoms with Gasteiger partial charge in [0.15, 0.2) is 18.8 Å². The summed E-state index contributed by atoms with van der Waals surface area (Å²) in [6.45, 7) is 5.27. The van der Waals surface area contributed by atoms with Gasteiger partial charge in [0.2, 0.25) is 8.41 Å². The molecule has 1 fully saturated rings. The fraction of sp³-hybridized carbons (Fsp3) is 0.286. The number of aryl methyl sites for hydroxylation is 1. The Morgan fingerprint density at radius 2 is 1.44 bits per heavy atom. The van der Waals surface area contributed by atoms with Gasteiger partial charge in [-0.05, 0) is 85.2 Å². The Balaban J connectivity index is 1.02. The van der Waals surface area contributed by atoms with Crippen molar-refractivity contribution in [3.63, 3.8) is 0 Å². The van der Waals surface area contributed by atoms with E-state index in [2.05, 4.69) is 10.3 Å². The predicted octanol–water partition coefficient (Wildman–Crippen LogP) is 7.93. The van der Waals surface area contributed by atoms with E-state index < -0.39 is 31.6 Å². The second kappa shape index (κ2) is 16.1. The quantitative estimate of drug-likeness (QED) is 0.102. The van der Waals surface area contributed by atoms with E-state index in [0.29, 0.717) is 64.2 Å². The average molecular weight is 879 g/mol. The first-order valence-corrected chi connectivity index (χ1v) is 24.5. The molecular formula is C49H47FN6O7Si. The molecule has 5 heterocycles. The molecule has 3 amide bonds. The molecule has 10 rings (SSSR count). The van der Waals surface area contributed by atoms with Gasteiger partial charge in [-0.2, -0.15) is 0 Å². The lowest BCUT2D eigenvalue weighted by molar-refractivity contribution is -0.146. The number of carbonyl (C=O) groups is 3. The predicted molar refractivity (Wildman–Crippen MR) is 240 cm³/mol. The second-order valence-corrected chi connectivity index (χ2v) is 21.1. The summed E-state index contributed by atoms with van der Waals surface area (Å²) < 4.78 is 37.3. The number of benzene rings is 5. The summed E-state index contributed by atoms with van der Waals surface area (Å²) in [5.41, 5.74) is 3.55. The van der Waals surface area contributed by atoms with Crippen LogP contribution in [0.25, 0.3) is 0 Å². The summed E-state index contributed by atoms with van der Waals surface area (Å²) in [6.07, 6.45) is 1.45. The maximum absolute atomic E-state index is 17.0. The molecule has 1 aromatic heterocycles. The molecule has 4 aliphatic heterocycles. The van der Waals surface area contributed by atoms with Gasteiger partial charge in [-0.15, -0.1) is 5.10 Å². The first-order chi connectivity index (χ1) is 31.0. The summed E-state index contributed by atoms with van der Waals surface area (Å²) in [4.78, 5) is 47.4. The number of halogens is 1. The van der Waals surface area contributed by atoms with Crippen LogP contribution in [-0.2, 0) is 37.8 Å².